The second-order valence-corrected chi connectivity index (χ2v) is 5.94. The summed E-state index contributed by atoms with van der Waals surface area (Å²) in [6.07, 6.45) is 0. The maximum Gasteiger partial charge on any atom is 0.237 e. The molecule has 0 atom stereocenters. The summed E-state index contributed by atoms with van der Waals surface area (Å²) in [5.41, 5.74) is 1.93. The minimum Gasteiger partial charge on any atom is -0.338 e. The molecule has 6 nitrogen and oxygen atoms in total. The molecule has 0 saturated carbocycles. The molecular formula is C17H13N5OS. The maximum absolute atomic E-state index is 5.28. The minimum absolute atomic E-state index is 0.520. The first-order chi connectivity index (χ1) is 11.9. The van der Waals surface area contributed by atoms with E-state index in [1.165, 1.54) is 11.8 Å². The van der Waals surface area contributed by atoms with E-state index in [1.54, 1.807) is 0 Å². The van der Waals surface area contributed by atoms with E-state index in [1.807, 2.05) is 60.7 Å². The third kappa shape index (κ3) is 3.21. The Balaban J connectivity index is 1.43. The van der Waals surface area contributed by atoms with Gasteiger partial charge in [-0.2, -0.15) is 4.98 Å². The van der Waals surface area contributed by atoms with Gasteiger partial charge in [-0.1, -0.05) is 77.6 Å². The van der Waals surface area contributed by atoms with Crippen molar-refractivity contribution in [3.8, 4) is 22.8 Å². The number of hydrogen-bond donors (Lipinski definition) is 1. The lowest BCUT2D eigenvalue weighted by Crippen LogP contribution is -1.83. The molecule has 0 spiro atoms. The second-order valence-electron chi connectivity index (χ2n) is 5.00. The second kappa shape index (κ2) is 6.67. The van der Waals surface area contributed by atoms with Crippen molar-refractivity contribution < 1.29 is 4.52 Å². The highest BCUT2D eigenvalue weighted by molar-refractivity contribution is 7.98. The van der Waals surface area contributed by atoms with E-state index >= 15 is 0 Å². The van der Waals surface area contributed by atoms with Crippen LogP contribution in [0, 0.1) is 0 Å². The van der Waals surface area contributed by atoms with Crippen LogP contribution in [0.5, 0.6) is 0 Å². The Morgan fingerprint density at radius 3 is 2.33 bits per heavy atom. The van der Waals surface area contributed by atoms with Crippen LogP contribution < -0.4 is 0 Å². The fraction of sp³-hybridized carbons (Fsp3) is 0.0588. The van der Waals surface area contributed by atoms with E-state index in [2.05, 4.69) is 25.3 Å². The van der Waals surface area contributed by atoms with Crippen LogP contribution >= 0.6 is 11.8 Å². The summed E-state index contributed by atoms with van der Waals surface area (Å²) in [4.78, 5) is 8.86. The summed E-state index contributed by atoms with van der Waals surface area (Å²) in [5, 5.41) is 11.8. The molecule has 0 aliphatic carbocycles. The van der Waals surface area contributed by atoms with Gasteiger partial charge in [-0.15, -0.1) is 5.10 Å². The lowest BCUT2D eigenvalue weighted by Gasteiger charge is -1.93. The summed E-state index contributed by atoms with van der Waals surface area (Å²) >= 11 is 1.45. The molecule has 0 saturated heterocycles. The quantitative estimate of drug-likeness (QED) is 0.559. The van der Waals surface area contributed by atoms with Crippen LogP contribution in [0.3, 0.4) is 0 Å². The maximum atomic E-state index is 5.28. The number of nitrogens with zero attached hydrogens (tertiary/aromatic N) is 4. The Kier molecular flexibility index (Phi) is 4.07. The van der Waals surface area contributed by atoms with Crippen LogP contribution in [0.4, 0.5) is 0 Å². The molecule has 0 amide bonds. The first-order valence-corrected chi connectivity index (χ1v) is 8.36. The van der Waals surface area contributed by atoms with Gasteiger partial charge in [0.15, 0.2) is 5.82 Å². The third-order valence-electron chi connectivity index (χ3n) is 3.34. The first kappa shape index (κ1) is 14.6. The molecule has 118 valence electrons. The summed E-state index contributed by atoms with van der Waals surface area (Å²) < 4.78 is 5.28. The number of benzene rings is 2. The molecule has 4 rings (SSSR count). The van der Waals surface area contributed by atoms with E-state index in [0.717, 1.165) is 17.0 Å². The molecule has 1 N–H and O–H groups in total. The Bertz CT molecular complexity index is 843. The average Bonchev–Trinajstić information content (AvgIpc) is 3.31. The van der Waals surface area contributed by atoms with Crippen LogP contribution in [0.1, 0.15) is 5.89 Å². The summed E-state index contributed by atoms with van der Waals surface area (Å²) in [6, 6.07) is 19.6. The van der Waals surface area contributed by atoms with Crippen LogP contribution in [0.25, 0.3) is 22.8 Å². The Morgan fingerprint density at radius 2 is 1.58 bits per heavy atom. The normalized spacial score (nSPS) is 10.8. The van der Waals surface area contributed by atoms with Crippen molar-refractivity contribution in [2.24, 2.45) is 0 Å². The van der Waals surface area contributed by atoms with Gasteiger partial charge in [-0.05, 0) is 0 Å². The van der Waals surface area contributed by atoms with Gasteiger partial charge < -0.3 is 4.52 Å². The molecule has 2 aromatic heterocycles. The molecule has 4 aromatic rings. The van der Waals surface area contributed by atoms with Gasteiger partial charge in [0.05, 0.1) is 5.75 Å². The molecule has 0 unspecified atom stereocenters. The van der Waals surface area contributed by atoms with Gasteiger partial charge in [0.25, 0.3) is 0 Å². The molecule has 0 radical (unpaired) electrons. The zero-order valence-corrected chi connectivity index (χ0v) is 13.4. The number of aromatic nitrogens is 5. The highest BCUT2D eigenvalue weighted by atomic mass is 32.2. The van der Waals surface area contributed by atoms with E-state index in [9.17, 15) is 0 Å². The number of nitrogens with one attached hydrogen (secondary N) is 1. The van der Waals surface area contributed by atoms with Gasteiger partial charge in [0.1, 0.15) is 0 Å². The van der Waals surface area contributed by atoms with Gasteiger partial charge in [-0.25, -0.2) is 4.98 Å². The van der Waals surface area contributed by atoms with Crippen LogP contribution in [0.15, 0.2) is 70.3 Å². The zero-order chi connectivity index (χ0) is 16.2. The van der Waals surface area contributed by atoms with Crippen LogP contribution in [-0.4, -0.2) is 25.3 Å². The molecule has 0 aliphatic heterocycles. The summed E-state index contributed by atoms with van der Waals surface area (Å²) in [5.74, 6) is 2.40. The smallest absolute Gasteiger partial charge is 0.237 e. The summed E-state index contributed by atoms with van der Waals surface area (Å²) in [7, 11) is 0. The van der Waals surface area contributed by atoms with Crippen molar-refractivity contribution in [3.05, 3.63) is 66.6 Å². The minimum atomic E-state index is 0.520. The van der Waals surface area contributed by atoms with Gasteiger partial charge in [0, 0.05) is 11.1 Å². The largest absolute Gasteiger partial charge is 0.338 e. The number of rotatable bonds is 5. The molecule has 7 heteroatoms. The predicted molar refractivity (Wildman–Crippen MR) is 91.1 cm³/mol. The van der Waals surface area contributed by atoms with Crippen molar-refractivity contribution >= 4 is 11.8 Å². The fourth-order valence-electron chi connectivity index (χ4n) is 2.18. The number of H-pyrrole nitrogens is 1. The predicted octanol–water partition coefficient (Wildman–Crippen LogP) is 3.81. The van der Waals surface area contributed by atoms with Gasteiger partial charge in [0.2, 0.25) is 16.9 Å². The Labute approximate surface area is 142 Å². The number of aromatic amines is 1. The Hall–Kier alpha value is -2.93. The SMILES string of the molecule is c1ccc(-c2noc(CSc3n[nH]c(-c4ccccc4)n3)n2)cc1. The lowest BCUT2D eigenvalue weighted by molar-refractivity contribution is 0.391. The monoisotopic (exact) mass is 335 g/mol. The van der Waals surface area contributed by atoms with Crippen molar-refractivity contribution in [2.45, 2.75) is 10.9 Å². The summed E-state index contributed by atoms with van der Waals surface area (Å²) in [6.45, 7) is 0. The zero-order valence-electron chi connectivity index (χ0n) is 12.6. The first-order valence-electron chi connectivity index (χ1n) is 7.37. The molecule has 2 aromatic carbocycles. The van der Waals surface area contributed by atoms with E-state index < -0.39 is 0 Å². The number of thioether (sulfide) groups is 1. The van der Waals surface area contributed by atoms with E-state index in [0.29, 0.717) is 22.6 Å². The lowest BCUT2D eigenvalue weighted by atomic mass is 10.2. The fourth-order valence-corrected chi connectivity index (χ4v) is 2.82. The number of hydrogen-bond acceptors (Lipinski definition) is 6. The van der Waals surface area contributed by atoms with E-state index in [-0.39, 0.29) is 0 Å². The highest BCUT2D eigenvalue weighted by Gasteiger charge is 2.11. The highest BCUT2D eigenvalue weighted by Crippen LogP contribution is 2.23. The standard InChI is InChI=1S/C17H13N5OS/c1-3-7-12(8-4-1)15-19-17(21-20-15)24-11-14-18-16(22-23-14)13-9-5-2-6-10-13/h1-10H,11H2,(H,19,20,21). The van der Waals surface area contributed by atoms with Crippen molar-refractivity contribution in [1.29, 1.82) is 0 Å². The topological polar surface area (TPSA) is 80.5 Å². The molecule has 24 heavy (non-hydrogen) atoms. The van der Waals surface area contributed by atoms with E-state index in [4.69, 9.17) is 4.52 Å². The molecule has 0 aliphatic rings. The molecule has 0 fully saturated rings. The van der Waals surface area contributed by atoms with Crippen molar-refractivity contribution in [3.63, 3.8) is 0 Å². The van der Waals surface area contributed by atoms with Crippen LogP contribution in [0.2, 0.25) is 0 Å². The van der Waals surface area contributed by atoms with Gasteiger partial charge >= 0.3 is 0 Å². The molecular weight excluding hydrogens is 322 g/mol. The molecule has 0 bridgehead atoms. The van der Waals surface area contributed by atoms with Crippen molar-refractivity contribution in [1.82, 2.24) is 25.3 Å². The average molecular weight is 335 g/mol. The Morgan fingerprint density at radius 1 is 0.875 bits per heavy atom. The van der Waals surface area contributed by atoms with Gasteiger partial charge in [-0.3, -0.25) is 5.10 Å². The third-order valence-corrected chi connectivity index (χ3v) is 4.17. The van der Waals surface area contributed by atoms with Crippen molar-refractivity contribution in [2.75, 3.05) is 0 Å². The van der Waals surface area contributed by atoms with Crippen LogP contribution in [-0.2, 0) is 5.75 Å². The molecule has 2 heterocycles.